The molecule has 5 heteroatoms. The molecule has 0 fully saturated rings. The van der Waals surface area contributed by atoms with Crippen LogP contribution in [-0.2, 0) is 17.6 Å². The highest BCUT2D eigenvalue weighted by atomic mass is 16.2. The van der Waals surface area contributed by atoms with E-state index in [0.717, 1.165) is 29.5 Å². The number of nitrogens with zero attached hydrogens (tertiary/aromatic N) is 2. The van der Waals surface area contributed by atoms with Crippen molar-refractivity contribution in [3.05, 3.63) is 95.1 Å². The second-order valence-corrected chi connectivity index (χ2v) is 7.18. The third-order valence-corrected chi connectivity index (χ3v) is 5.19. The first kappa shape index (κ1) is 20.7. The summed E-state index contributed by atoms with van der Waals surface area (Å²) in [6.07, 6.45) is 8.76. The number of hydrogen-bond donors (Lipinski definition) is 2. The Labute approximate surface area is 172 Å². The van der Waals surface area contributed by atoms with Gasteiger partial charge in [-0.05, 0) is 78.8 Å². The Morgan fingerprint density at radius 2 is 1.45 bits per heavy atom. The maximum atomic E-state index is 13.0. The zero-order chi connectivity index (χ0) is 20.5. The van der Waals surface area contributed by atoms with Gasteiger partial charge in [0, 0.05) is 37.9 Å². The highest BCUT2D eigenvalue weighted by molar-refractivity contribution is 5.83. The largest absolute Gasteiger partial charge is 0.354 e. The van der Waals surface area contributed by atoms with Gasteiger partial charge in [-0.1, -0.05) is 18.2 Å². The lowest BCUT2D eigenvalue weighted by Crippen LogP contribution is -2.39. The van der Waals surface area contributed by atoms with Crippen molar-refractivity contribution in [3.63, 3.8) is 0 Å². The van der Waals surface area contributed by atoms with Gasteiger partial charge in [0.2, 0.25) is 5.91 Å². The molecule has 0 saturated carbocycles. The quantitative estimate of drug-likeness (QED) is 0.590. The number of pyridine rings is 2. The van der Waals surface area contributed by atoms with Crippen molar-refractivity contribution in [2.75, 3.05) is 13.1 Å². The van der Waals surface area contributed by atoms with E-state index in [1.54, 1.807) is 24.8 Å². The van der Waals surface area contributed by atoms with Gasteiger partial charge in [0.15, 0.2) is 0 Å². The topological polar surface area (TPSA) is 66.9 Å². The molecule has 0 saturated heterocycles. The molecule has 0 aliphatic heterocycles. The Morgan fingerprint density at radius 1 is 0.862 bits per heavy atom. The predicted octanol–water partition coefficient (Wildman–Crippen LogP) is 3.33. The summed E-state index contributed by atoms with van der Waals surface area (Å²) in [6.45, 7) is 5.46. The second kappa shape index (κ2) is 10.5. The van der Waals surface area contributed by atoms with Crippen LogP contribution in [0, 0.1) is 13.8 Å². The predicted molar refractivity (Wildman–Crippen MR) is 116 cm³/mol. The van der Waals surface area contributed by atoms with E-state index in [1.807, 2.05) is 36.4 Å². The van der Waals surface area contributed by atoms with Gasteiger partial charge >= 0.3 is 0 Å². The molecular weight excluding hydrogens is 360 g/mol. The third-order valence-electron chi connectivity index (χ3n) is 5.19. The maximum Gasteiger partial charge on any atom is 0.241 e. The van der Waals surface area contributed by atoms with Crippen LogP contribution in [0.2, 0.25) is 0 Å². The molecule has 0 aliphatic rings. The van der Waals surface area contributed by atoms with E-state index in [4.69, 9.17) is 0 Å². The summed E-state index contributed by atoms with van der Waals surface area (Å²) in [6, 6.07) is 13.7. The molecule has 0 aliphatic carbocycles. The third kappa shape index (κ3) is 5.96. The smallest absolute Gasteiger partial charge is 0.241 e. The Hall–Kier alpha value is -3.05. The van der Waals surface area contributed by atoms with E-state index in [2.05, 4.69) is 40.5 Å². The summed E-state index contributed by atoms with van der Waals surface area (Å²) >= 11 is 0. The number of carbonyl (C=O) groups excluding carboxylic acids is 1. The van der Waals surface area contributed by atoms with Gasteiger partial charge in [0.25, 0.3) is 0 Å². The number of aromatic nitrogens is 2. The molecule has 1 amide bonds. The minimum Gasteiger partial charge on any atom is -0.354 e. The summed E-state index contributed by atoms with van der Waals surface area (Å²) in [5.41, 5.74) is 5.73. The molecule has 3 rings (SSSR count). The van der Waals surface area contributed by atoms with Crippen LogP contribution in [-0.4, -0.2) is 29.0 Å². The molecule has 0 radical (unpaired) electrons. The lowest BCUT2D eigenvalue weighted by molar-refractivity contribution is -0.123. The van der Waals surface area contributed by atoms with E-state index in [0.29, 0.717) is 13.1 Å². The number of nitrogens with one attached hydrogen (secondary N) is 2. The lowest BCUT2D eigenvalue weighted by Gasteiger charge is -2.21. The first-order valence-electron chi connectivity index (χ1n) is 10.00. The van der Waals surface area contributed by atoms with Gasteiger partial charge in [0.05, 0.1) is 0 Å². The van der Waals surface area contributed by atoms with Gasteiger partial charge in [-0.2, -0.15) is 0 Å². The molecule has 1 atom stereocenters. The second-order valence-electron chi connectivity index (χ2n) is 7.18. The van der Waals surface area contributed by atoms with Crippen molar-refractivity contribution in [1.82, 2.24) is 20.6 Å². The first-order valence-corrected chi connectivity index (χ1v) is 10.00. The standard InChI is InChI=1S/C24H28N4O/c1-18-4-3-5-22(19(18)2)23(27-16-10-20-6-12-25-13-7-20)24(29)28-17-11-21-8-14-26-15-9-21/h3-9,12-15,23,27H,10-11,16-17H2,1-2H3,(H,28,29). The Kier molecular flexibility index (Phi) is 7.47. The SMILES string of the molecule is Cc1cccc(C(NCCc2ccncc2)C(=O)NCCc2ccncc2)c1C. The van der Waals surface area contributed by atoms with E-state index in [1.165, 1.54) is 11.1 Å². The number of rotatable bonds is 9. The van der Waals surface area contributed by atoms with Crippen molar-refractivity contribution in [2.24, 2.45) is 0 Å². The van der Waals surface area contributed by atoms with Crippen molar-refractivity contribution < 1.29 is 4.79 Å². The van der Waals surface area contributed by atoms with Crippen LogP contribution in [0.5, 0.6) is 0 Å². The molecule has 0 bridgehead atoms. The number of aryl methyl sites for hydroxylation is 1. The average molecular weight is 389 g/mol. The number of hydrogen-bond acceptors (Lipinski definition) is 4. The molecule has 5 nitrogen and oxygen atoms in total. The molecule has 3 aromatic rings. The fourth-order valence-corrected chi connectivity index (χ4v) is 3.32. The van der Waals surface area contributed by atoms with Crippen LogP contribution in [0.25, 0.3) is 0 Å². The van der Waals surface area contributed by atoms with Crippen LogP contribution in [0.3, 0.4) is 0 Å². The van der Waals surface area contributed by atoms with Crippen molar-refractivity contribution in [3.8, 4) is 0 Å². The van der Waals surface area contributed by atoms with Crippen LogP contribution in [0.1, 0.15) is 33.9 Å². The lowest BCUT2D eigenvalue weighted by atomic mass is 9.96. The monoisotopic (exact) mass is 388 g/mol. The molecule has 29 heavy (non-hydrogen) atoms. The fourth-order valence-electron chi connectivity index (χ4n) is 3.32. The van der Waals surface area contributed by atoms with Gasteiger partial charge in [-0.3, -0.25) is 14.8 Å². The Balaban J connectivity index is 1.66. The average Bonchev–Trinajstić information content (AvgIpc) is 2.75. The van der Waals surface area contributed by atoms with Gasteiger partial charge in [-0.25, -0.2) is 0 Å². The normalized spacial score (nSPS) is 11.8. The molecule has 2 N–H and O–H groups in total. The summed E-state index contributed by atoms with van der Waals surface area (Å²) in [4.78, 5) is 21.1. The highest BCUT2D eigenvalue weighted by Gasteiger charge is 2.21. The minimum atomic E-state index is -0.380. The van der Waals surface area contributed by atoms with E-state index in [-0.39, 0.29) is 11.9 Å². The highest BCUT2D eigenvalue weighted by Crippen LogP contribution is 2.21. The number of amides is 1. The minimum absolute atomic E-state index is 0.00230. The molecule has 1 aromatic carbocycles. The zero-order valence-electron chi connectivity index (χ0n) is 17.1. The van der Waals surface area contributed by atoms with E-state index < -0.39 is 0 Å². The van der Waals surface area contributed by atoms with E-state index in [9.17, 15) is 4.79 Å². The zero-order valence-corrected chi connectivity index (χ0v) is 17.1. The first-order chi connectivity index (χ1) is 14.1. The number of benzene rings is 1. The van der Waals surface area contributed by atoms with Crippen molar-refractivity contribution in [1.29, 1.82) is 0 Å². The van der Waals surface area contributed by atoms with E-state index >= 15 is 0 Å². The maximum absolute atomic E-state index is 13.0. The summed E-state index contributed by atoms with van der Waals surface area (Å²) < 4.78 is 0. The van der Waals surface area contributed by atoms with Gasteiger partial charge < -0.3 is 10.6 Å². The van der Waals surface area contributed by atoms with Crippen LogP contribution >= 0.6 is 0 Å². The number of carbonyl (C=O) groups is 1. The molecule has 150 valence electrons. The Bertz CT molecular complexity index is 913. The summed E-state index contributed by atoms with van der Waals surface area (Å²) in [5, 5.41) is 6.55. The van der Waals surface area contributed by atoms with Crippen LogP contribution in [0.15, 0.2) is 67.3 Å². The fraction of sp³-hybridized carbons (Fsp3) is 0.292. The van der Waals surface area contributed by atoms with Gasteiger partial charge in [-0.15, -0.1) is 0 Å². The molecule has 2 aromatic heterocycles. The van der Waals surface area contributed by atoms with Crippen LogP contribution < -0.4 is 10.6 Å². The molecule has 2 heterocycles. The molecule has 0 spiro atoms. The van der Waals surface area contributed by atoms with Crippen molar-refractivity contribution in [2.45, 2.75) is 32.7 Å². The molecular formula is C24H28N4O. The molecule has 1 unspecified atom stereocenters. The summed E-state index contributed by atoms with van der Waals surface area (Å²) in [7, 11) is 0. The van der Waals surface area contributed by atoms with Crippen LogP contribution in [0.4, 0.5) is 0 Å². The Morgan fingerprint density at radius 3 is 2.07 bits per heavy atom. The van der Waals surface area contributed by atoms with Crippen molar-refractivity contribution >= 4 is 5.91 Å². The van der Waals surface area contributed by atoms with Gasteiger partial charge in [0.1, 0.15) is 6.04 Å². The summed E-state index contributed by atoms with van der Waals surface area (Å²) in [5.74, 6) is 0.00230.